The zero-order valence-corrected chi connectivity index (χ0v) is 16.0. The molecule has 1 atom stereocenters. The van der Waals surface area contributed by atoms with Crippen molar-refractivity contribution in [3.05, 3.63) is 35.9 Å². The number of carbonyl (C=O) groups excluding carboxylic acids is 1. The summed E-state index contributed by atoms with van der Waals surface area (Å²) in [6.07, 6.45) is 7.63. The molecule has 0 aliphatic carbocycles. The molecule has 0 saturated carbocycles. The van der Waals surface area contributed by atoms with E-state index in [-0.39, 0.29) is 17.4 Å². The molecule has 1 spiro atoms. The molecule has 4 heterocycles. The first kappa shape index (κ1) is 18.2. The quantitative estimate of drug-likeness (QED) is 0.817. The van der Waals surface area contributed by atoms with E-state index in [1.807, 2.05) is 4.90 Å². The van der Waals surface area contributed by atoms with Crippen LogP contribution in [0.15, 0.2) is 27.5 Å². The average Bonchev–Trinajstić information content (AvgIpc) is 3.34. The van der Waals surface area contributed by atoms with Gasteiger partial charge in [-0.15, -0.1) is 0 Å². The molecule has 2 aliphatic heterocycles. The summed E-state index contributed by atoms with van der Waals surface area (Å²) in [5.41, 5.74) is 0.493. The number of piperidine rings is 1. The second-order valence-corrected chi connectivity index (χ2v) is 8.10. The van der Waals surface area contributed by atoms with Gasteiger partial charge < -0.3 is 18.6 Å². The van der Waals surface area contributed by atoms with Gasteiger partial charge >= 0.3 is 0 Å². The van der Waals surface area contributed by atoms with Gasteiger partial charge in [-0.1, -0.05) is 19.0 Å². The number of ether oxygens (including phenoxy) is 1. The van der Waals surface area contributed by atoms with E-state index in [1.54, 1.807) is 6.07 Å². The van der Waals surface area contributed by atoms with Gasteiger partial charge in [0.25, 0.3) is 5.91 Å². The number of rotatable bonds is 4. The van der Waals surface area contributed by atoms with Crippen molar-refractivity contribution in [1.82, 2.24) is 15.0 Å². The number of amides is 1. The van der Waals surface area contributed by atoms with Crippen LogP contribution in [0, 0.1) is 5.92 Å². The lowest BCUT2D eigenvalue weighted by atomic mass is 9.78. The molecule has 2 fully saturated rings. The van der Waals surface area contributed by atoms with Gasteiger partial charge in [0.05, 0.1) is 17.4 Å². The van der Waals surface area contributed by atoms with Gasteiger partial charge in [0.15, 0.2) is 5.82 Å². The van der Waals surface area contributed by atoms with Gasteiger partial charge in [-0.3, -0.25) is 4.79 Å². The van der Waals surface area contributed by atoms with Gasteiger partial charge in [-0.2, -0.15) is 4.98 Å². The molecule has 146 valence electrons. The van der Waals surface area contributed by atoms with Crippen LogP contribution in [0.25, 0.3) is 0 Å². The maximum atomic E-state index is 12.5. The Bertz CT molecular complexity index is 760. The first-order valence-corrected chi connectivity index (χ1v) is 9.82. The van der Waals surface area contributed by atoms with Crippen LogP contribution in [0.2, 0.25) is 0 Å². The maximum Gasteiger partial charge on any atom is 0.257 e. The minimum Gasteiger partial charge on any atom is -0.472 e. The normalized spacial score (nSPS) is 22.5. The molecule has 2 aromatic heterocycles. The van der Waals surface area contributed by atoms with E-state index in [9.17, 15) is 4.79 Å². The van der Waals surface area contributed by atoms with Gasteiger partial charge in [0.1, 0.15) is 6.26 Å². The highest BCUT2D eigenvalue weighted by molar-refractivity contribution is 5.93. The summed E-state index contributed by atoms with van der Waals surface area (Å²) in [5, 5.41) is 4.14. The van der Waals surface area contributed by atoms with Crippen molar-refractivity contribution < 1.29 is 18.5 Å². The number of nitrogens with zero attached hydrogens (tertiary/aromatic N) is 3. The van der Waals surface area contributed by atoms with Crippen molar-refractivity contribution in [1.29, 1.82) is 0 Å². The summed E-state index contributed by atoms with van der Waals surface area (Å²) < 4.78 is 16.6. The van der Waals surface area contributed by atoms with Crippen LogP contribution in [0.4, 0.5) is 0 Å². The molecule has 0 radical (unpaired) electrons. The molecule has 27 heavy (non-hydrogen) atoms. The van der Waals surface area contributed by atoms with Crippen LogP contribution >= 0.6 is 0 Å². The molecule has 2 aromatic rings. The highest BCUT2D eigenvalue weighted by atomic mass is 16.5. The SMILES string of the molecule is CC(C)c1nc(CC2CCOC3(CCN(C(=O)c4ccoc4)CC3)C2)no1. The van der Waals surface area contributed by atoms with Crippen LogP contribution < -0.4 is 0 Å². The Labute approximate surface area is 159 Å². The zero-order valence-electron chi connectivity index (χ0n) is 16.0. The summed E-state index contributed by atoms with van der Waals surface area (Å²) in [7, 11) is 0. The third-order valence-corrected chi connectivity index (χ3v) is 5.77. The summed E-state index contributed by atoms with van der Waals surface area (Å²) in [5.74, 6) is 2.29. The third-order valence-electron chi connectivity index (χ3n) is 5.77. The van der Waals surface area contributed by atoms with Crippen LogP contribution in [-0.2, 0) is 11.2 Å². The van der Waals surface area contributed by atoms with E-state index < -0.39 is 0 Å². The molecule has 0 bridgehead atoms. The minimum absolute atomic E-state index is 0.0407. The lowest BCUT2D eigenvalue weighted by Crippen LogP contribution is -2.51. The molecule has 7 heteroatoms. The van der Waals surface area contributed by atoms with E-state index in [0.29, 0.717) is 17.4 Å². The van der Waals surface area contributed by atoms with Crippen LogP contribution in [0.5, 0.6) is 0 Å². The highest BCUT2D eigenvalue weighted by Crippen LogP contribution is 2.39. The lowest BCUT2D eigenvalue weighted by Gasteiger charge is -2.46. The Morgan fingerprint density at radius 3 is 2.85 bits per heavy atom. The Morgan fingerprint density at radius 1 is 1.37 bits per heavy atom. The number of hydrogen-bond donors (Lipinski definition) is 0. The second kappa shape index (κ2) is 7.46. The van der Waals surface area contributed by atoms with Crippen LogP contribution in [0.3, 0.4) is 0 Å². The zero-order chi connectivity index (χ0) is 18.9. The Hall–Kier alpha value is -2.15. The molecule has 7 nitrogen and oxygen atoms in total. The van der Waals surface area contributed by atoms with Gasteiger partial charge in [0, 0.05) is 32.0 Å². The Kier molecular flexibility index (Phi) is 5.04. The molecule has 2 aliphatic rings. The number of likely N-dealkylation sites (tertiary alicyclic amines) is 1. The number of hydrogen-bond acceptors (Lipinski definition) is 6. The Balaban J connectivity index is 1.34. The standard InChI is InChI=1S/C20H27N3O4/c1-14(2)18-21-17(22-27-18)11-15-3-10-26-20(12-15)5-7-23(8-6-20)19(24)16-4-9-25-13-16/h4,9,13-15H,3,5-8,10-12H2,1-2H3. The van der Waals surface area contributed by atoms with E-state index in [1.165, 1.54) is 12.5 Å². The minimum atomic E-state index is -0.124. The monoisotopic (exact) mass is 373 g/mol. The van der Waals surface area contributed by atoms with Crippen molar-refractivity contribution >= 4 is 5.91 Å². The third kappa shape index (κ3) is 3.93. The van der Waals surface area contributed by atoms with Crippen molar-refractivity contribution in [2.24, 2.45) is 5.92 Å². The molecule has 2 saturated heterocycles. The van der Waals surface area contributed by atoms with Gasteiger partial charge in [-0.25, -0.2) is 0 Å². The fourth-order valence-electron chi connectivity index (χ4n) is 4.18. The Morgan fingerprint density at radius 2 is 2.19 bits per heavy atom. The molecule has 0 aromatic carbocycles. The number of aromatic nitrogens is 2. The fourth-order valence-corrected chi connectivity index (χ4v) is 4.18. The molecule has 0 N–H and O–H groups in total. The predicted molar refractivity (Wildman–Crippen MR) is 97.3 cm³/mol. The van der Waals surface area contributed by atoms with Crippen molar-refractivity contribution in [3.63, 3.8) is 0 Å². The second-order valence-electron chi connectivity index (χ2n) is 8.10. The highest BCUT2D eigenvalue weighted by Gasteiger charge is 2.41. The van der Waals surface area contributed by atoms with Crippen molar-refractivity contribution in [2.75, 3.05) is 19.7 Å². The molecule has 1 unspecified atom stereocenters. The van der Waals surface area contributed by atoms with Gasteiger partial charge in [0.2, 0.25) is 5.89 Å². The van der Waals surface area contributed by atoms with Gasteiger partial charge in [-0.05, 0) is 37.7 Å². The lowest BCUT2D eigenvalue weighted by molar-refractivity contribution is -0.123. The fraction of sp³-hybridized carbons (Fsp3) is 0.650. The van der Waals surface area contributed by atoms with Crippen molar-refractivity contribution in [3.8, 4) is 0 Å². The molecule has 1 amide bonds. The smallest absolute Gasteiger partial charge is 0.257 e. The van der Waals surface area contributed by atoms with Crippen molar-refractivity contribution in [2.45, 2.75) is 57.5 Å². The maximum absolute atomic E-state index is 12.5. The summed E-state index contributed by atoms with van der Waals surface area (Å²) in [6.45, 7) is 6.31. The van der Waals surface area contributed by atoms with E-state index >= 15 is 0 Å². The summed E-state index contributed by atoms with van der Waals surface area (Å²) >= 11 is 0. The summed E-state index contributed by atoms with van der Waals surface area (Å²) in [4.78, 5) is 18.9. The largest absolute Gasteiger partial charge is 0.472 e. The average molecular weight is 373 g/mol. The molecular formula is C20H27N3O4. The van der Waals surface area contributed by atoms with E-state index in [0.717, 1.165) is 57.6 Å². The topological polar surface area (TPSA) is 81.6 Å². The van der Waals surface area contributed by atoms with E-state index in [2.05, 4.69) is 24.0 Å². The first-order valence-electron chi connectivity index (χ1n) is 9.82. The number of furan rings is 1. The van der Waals surface area contributed by atoms with Crippen LogP contribution in [0.1, 0.15) is 67.5 Å². The predicted octanol–water partition coefficient (Wildman–Crippen LogP) is 3.43. The van der Waals surface area contributed by atoms with Crippen LogP contribution in [-0.4, -0.2) is 46.2 Å². The van der Waals surface area contributed by atoms with E-state index in [4.69, 9.17) is 13.7 Å². The molecular weight excluding hydrogens is 346 g/mol. The molecule has 4 rings (SSSR count). The first-order chi connectivity index (χ1) is 13.0. The summed E-state index contributed by atoms with van der Waals surface area (Å²) in [6, 6.07) is 1.72. The number of carbonyl (C=O) groups is 1.